The molecule has 13 rings (SSSR count). The highest BCUT2D eigenvalue weighted by molar-refractivity contribution is 8.92. The van der Waals surface area contributed by atoms with Crippen LogP contribution in [0, 0.1) is 0 Å². The van der Waals surface area contributed by atoms with Crippen LogP contribution in [0.25, 0.3) is 32.9 Å². The van der Waals surface area contributed by atoms with E-state index in [1.165, 1.54) is 9.98 Å². The van der Waals surface area contributed by atoms with Crippen LogP contribution in [-0.2, 0) is 56.5 Å². The van der Waals surface area contributed by atoms with E-state index < -0.39 is 77.8 Å². The molecule has 4 aliphatic rings. The summed E-state index contributed by atoms with van der Waals surface area (Å²) in [5.74, 6) is -3.34. The third kappa shape index (κ3) is 28.1. The molecular formula is C87H117N9O13S5. The van der Waals surface area contributed by atoms with Crippen molar-refractivity contribution in [2.75, 3.05) is 48.8 Å². The minimum absolute atomic E-state index is 0. The van der Waals surface area contributed by atoms with Gasteiger partial charge in [0.15, 0.2) is 5.78 Å². The van der Waals surface area contributed by atoms with Crippen LogP contribution in [0.3, 0.4) is 0 Å². The van der Waals surface area contributed by atoms with E-state index in [4.69, 9.17) is 25.4 Å². The second-order valence-corrected chi connectivity index (χ2v) is 30.3. The molecule has 618 valence electrons. The van der Waals surface area contributed by atoms with E-state index in [1.54, 1.807) is 38.8 Å². The van der Waals surface area contributed by atoms with Gasteiger partial charge in [-0.1, -0.05) is 246 Å². The monoisotopic (exact) mass is 1660 g/mol. The normalized spacial score (nSPS) is 14.6. The van der Waals surface area contributed by atoms with Gasteiger partial charge in [0, 0.05) is 77.1 Å². The largest absolute Gasteiger partial charge is 0.480 e. The molecule has 22 nitrogen and oxygen atoms in total. The van der Waals surface area contributed by atoms with Crippen LogP contribution >= 0.6 is 59.5 Å². The fourth-order valence-corrected chi connectivity index (χ4v) is 13.6. The first-order valence-electron chi connectivity index (χ1n) is 37.8. The van der Waals surface area contributed by atoms with E-state index in [0.29, 0.717) is 50.3 Å². The van der Waals surface area contributed by atoms with E-state index >= 15 is 0 Å². The Hall–Kier alpha value is -9.19. The number of carbonyl (C=O) groups excluding carboxylic acids is 6. The van der Waals surface area contributed by atoms with Crippen LogP contribution in [0.15, 0.2) is 200 Å². The summed E-state index contributed by atoms with van der Waals surface area (Å²) < 4.78 is 10.5. The predicted octanol–water partition coefficient (Wildman–Crippen LogP) is 16.4. The van der Waals surface area contributed by atoms with Crippen molar-refractivity contribution in [2.45, 2.75) is 162 Å². The Morgan fingerprint density at radius 1 is 0.579 bits per heavy atom. The van der Waals surface area contributed by atoms with Crippen molar-refractivity contribution < 1.29 is 63.1 Å². The Kier molecular flexibility index (Phi) is 44.8. The second-order valence-electron chi connectivity index (χ2n) is 26.0. The van der Waals surface area contributed by atoms with Crippen LogP contribution < -0.4 is 27.8 Å². The topological polar surface area (TPSA) is 351 Å². The third-order valence-corrected chi connectivity index (χ3v) is 19.1. The number of aliphatic hydroxyl groups is 1. The number of nitrogens with two attached hydrogens (primary N) is 1. The lowest BCUT2D eigenvalue weighted by atomic mass is 9.65. The van der Waals surface area contributed by atoms with Crippen LogP contribution in [-0.4, -0.2) is 167 Å². The molecule has 1 aliphatic carbocycles. The number of amides is 5. The maximum Gasteiger partial charge on any atom is 0.408 e. The van der Waals surface area contributed by atoms with Gasteiger partial charge in [0.05, 0.1) is 17.2 Å². The molecule has 5 amide bonds. The molecule has 9 aromatic rings. The number of aliphatic carboxylic acids is 2. The van der Waals surface area contributed by atoms with Crippen molar-refractivity contribution in [3.63, 3.8) is 0 Å². The molecule has 114 heavy (non-hydrogen) atoms. The number of nitrogens with one attached hydrogen (secondary N) is 5. The molecule has 5 heterocycles. The Balaban J connectivity index is 0.000000425. The number of alkyl carbamates (subject to hydrolysis) is 2. The number of aromatic nitrogens is 2. The van der Waals surface area contributed by atoms with Crippen LogP contribution in [0.4, 0.5) is 9.59 Å². The quantitative estimate of drug-likeness (QED) is 0.0111. The first-order valence-corrected chi connectivity index (χ1v) is 42.2. The number of rotatable bonds is 20. The highest BCUT2D eigenvalue weighted by Gasteiger charge is 2.48. The van der Waals surface area contributed by atoms with Crippen molar-refractivity contribution in [3.8, 4) is 11.1 Å². The molecule has 7 aromatic carbocycles. The van der Waals surface area contributed by atoms with Crippen LogP contribution in [0.2, 0.25) is 0 Å². The summed E-state index contributed by atoms with van der Waals surface area (Å²) >= 11 is 11.9. The molecule has 5 atom stereocenters. The third-order valence-electron chi connectivity index (χ3n) is 17.8. The summed E-state index contributed by atoms with van der Waals surface area (Å²) in [6.45, 7) is 19.7. The van der Waals surface area contributed by atoms with Crippen molar-refractivity contribution in [1.29, 1.82) is 0 Å². The maximum atomic E-state index is 15.0. The minimum Gasteiger partial charge on any atom is -0.480 e. The Bertz CT molecular complexity index is 4250. The number of fused-ring (bicyclic) bond motifs is 5. The Morgan fingerprint density at radius 2 is 0.982 bits per heavy atom. The number of aromatic amines is 2. The number of carboxylic acid groups (broad SMARTS) is 2. The van der Waals surface area contributed by atoms with E-state index in [-0.39, 0.29) is 62.5 Å². The van der Waals surface area contributed by atoms with E-state index in [1.807, 2.05) is 245 Å². The number of ketones is 1. The first-order chi connectivity index (χ1) is 54.1. The number of benzene rings is 7. The highest BCUT2D eigenvalue weighted by Crippen LogP contribution is 2.45. The lowest BCUT2D eigenvalue weighted by Crippen LogP contribution is -2.57. The fourth-order valence-electron chi connectivity index (χ4n) is 13.3. The molecule has 27 heteroatoms. The number of aliphatic hydroxyl groups excluding tert-OH is 1. The molecule has 0 saturated carbocycles. The summed E-state index contributed by atoms with van der Waals surface area (Å²) in [4.78, 5) is 111. The number of carboxylic acids is 2. The number of nitrogens with zero attached hydrogens (tertiary/aromatic N) is 2. The standard InChI is InChI=1S/C38H38N4O3S.C21H27N3O5.C17H15NO4.C2H6O.3C2H6.CH2S2.CH4S2.CH4.H3N/c39-31(23-26-24-40-32-20-11-10-19-30(26)32)37(45)42-22-12-21-34(42)36(44)41-33(25-46)35(43)38(27-13-4-1-5-14-27,28-15-6-2-7-16-28)29-17-8-3-9-18-29;1-21(2,3)29-20(28)23-16(18(25)24-10-6-9-17(24)19(26)27)11-13-12-22-15-8-5-4-7-14(13)15;19-16(20)9-18-17(21)22-10-15-13-7-3-1-5-11(13)12-6-2-4-8-14(12)15;1-2-3;3*1-2;1-2-3-1;2-1-3;;/h1-11,13-20,24,31,33-34,40,46H,12,21-23,25,39H2,(H,41,44);4-5,7-8,12,16-17,22H,6,9-11H2,1-3H3,(H,23,28)(H,26,27);1-8,15H,9-10H2,(H,18,21)(H,19,20);3H,2H2,1H3;3*1-2H3;1H2;2-3H,1H2;1H4;1H3/t31-,33-,34-;16-,17-;;;;;;;;;/m00........./s1. The van der Waals surface area contributed by atoms with Gasteiger partial charge in [0.1, 0.15) is 42.3 Å². The number of carbonyl (C=O) groups is 8. The van der Waals surface area contributed by atoms with Gasteiger partial charge in [-0.3, -0.25) is 24.0 Å². The molecule has 3 saturated heterocycles. The average molecular weight is 1660 g/mol. The average Bonchev–Trinajstić information content (AvgIpc) is 1.02. The van der Waals surface area contributed by atoms with E-state index in [9.17, 15) is 43.5 Å². The van der Waals surface area contributed by atoms with E-state index in [2.05, 4.69) is 75.9 Å². The van der Waals surface area contributed by atoms with Crippen molar-refractivity contribution in [1.82, 2.24) is 41.9 Å². The number of hydrogen-bond donors (Lipinski definition) is 13. The van der Waals surface area contributed by atoms with Gasteiger partial charge in [-0.15, -0.1) is 0 Å². The Morgan fingerprint density at radius 3 is 1.40 bits per heavy atom. The molecular weight excluding hydrogens is 1540 g/mol. The molecule has 13 N–H and O–H groups in total. The highest BCUT2D eigenvalue weighted by atomic mass is 33.2. The number of likely N-dealkylation sites (tertiary alicyclic amines) is 2. The maximum absolute atomic E-state index is 15.0. The van der Waals surface area contributed by atoms with Gasteiger partial charge in [0.25, 0.3) is 0 Å². The molecule has 2 aromatic heterocycles. The molecule has 0 unspecified atom stereocenters. The molecule has 0 spiro atoms. The van der Waals surface area contributed by atoms with Crippen LogP contribution in [0.1, 0.15) is 147 Å². The van der Waals surface area contributed by atoms with Gasteiger partial charge in [0.2, 0.25) is 17.7 Å². The second kappa shape index (κ2) is 51.6. The minimum atomic E-state index is -1.21. The fraction of sp³-hybridized carbons (Fsp3) is 0.379. The molecule has 3 fully saturated rings. The number of H-pyrrole nitrogens is 2. The molecule has 0 radical (unpaired) electrons. The first kappa shape index (κ1) is 99.0. The number of ether oxygens (including phenoxy) is 2. The SMILES string of the molecule is C.C1SS1.CC.CC.CC.CC(C)(C)OC(=O)N[C@@H](Cc1c[nH]c2ccccc12)C(=O)N1CCC[C@H]1C(=O)O.CCO.N.N[C@@H](Cc1c[nH]c2ccccc12)C(=O)N1CCC[C@H]1C(=O)N[C@@H](CS)C(=O)C(c1ccccc1)(c1ccccc1)c1ccccc1.O=C(O)CNC(=O)OCC1c2ccccc2-c2ccccc21.SCS. The number of Topliss-reactive ketones (excluding diaryl/α,β-unsaturated/α-hetero) is 1. The smallest absolute Gasteiger partial charge is 0.408 e. The predicted molar refractivity (Wildman–Crippen MR) is 474 cm³/mol. The van der Waals surface area contributed by atoms with Crippen molar-refractivity contribution in [2.24, 2.45) is 5.73 Å². The zero-order valence-electron chi connectivity index (χ0n) is 66.2. The van der Waals surface area contributed by atoms with Gasteiger partial charge in [-0.05, 0) is 122 Å². The van der Waals surface area contributed by atoms with Gasteiger partial charge < -0.3 is 72.4 Å². The summed E-state index contributed by atoms with van der Waals surface area (Å²) in [5.41, 5.74) is 15.2. The lowest BCUT2D eigenvalue weighted by Gasteiger charge is -2.37. The zero-order valence-corrected chi connectivity index (χ0v) is 70.5. The van der Waals surface area contributed by atoms with Gasteiger partial charge >= 0.3 is 24.1 Å². The van der Waals surface area contributed by atoms with Crippen molar-refractivity contribution >= 4 is 129 Å². The number of thiol groups is 3. The van der Waals surface area contributed by atoms with Gasteiger partial charge in [-0.25, -0.2) is 14.4 Å². The van der Waals surface area contributed by atoms with Crippen molar-refractivity contribution in [3.05, 3.63) is 239 Å². The zero-order chi connectivity index (χ0) is 82.3. The summed E-state index contributed by atoms with van der Waals surface area (Å²) in [7, 11) is 3.83. The summed E-state index contributed by atoms with van der Waals surface area (Å²) in [5, 5.41) is 37.3. The van der Waals surface area contributed by atoms with Crippen LogP contribution in [0.5, 0.6) is 0 Å². The lowest BCUT2D eigenvalue weighted by molar-refractivity contribution is -0.149. The number of para-hydroxylation sites is 2. The number of hydrogen-bond acceptors (Lipinski definition) is 18. The Labute approximate surface area is 696 Å². The summed E-state index contributed by atoms with van der Waals surface area (Å²) in [6, 6.07) is 56.3. The summed E-state index contributed by atoms with van der Waals surface area (Å²) in [6.07, 6.45) is 5.03. The molecule has 0 bridgehead atoms. The molecule has 3 aliphatic heterocycles. The van der Waals surface area contributed by atoms with Gasteiger partial charge in [-0.2, -0.15) is 37.9 Å². The van der Waals surface area contributed by atoms with E-state index in [0.717, 1.165) is 71.9 Å².